The fourth-order valence-electron chi connectivity index (χ4n) is 1.87. The van der Waals surface area contributed by atoms with Crippen LogP contribution in [0.5, 0.6) is 0 Å². The minimum Gasteiger partial charge on any atom is -0.457 e. The van der Waals surface area contributed by atoms with Gasteiger partial charge in [-0.05, 0) is 19.8 Å². The molecule has 0 spiro atoms. The molecule has 4 heteroatoms. The molecule has 2 rings (SSSR count). The summed E-state index contributed by atoms with van der Waals surface area (Å²) in [7, 11) is 0. The molecule has 2 aliphatic carbocycles. The molecular weight excluding hydrogens is 256 g/mol. The summed E-state index contributed by atoms with van der Waals surface area (Å²) in [6.45, 7) is 5.17. The molecule has 0 aromatic carbocycles. The molecule has 0 heterocycles. The summed E-state index contributed by atoms with van der Waals surface area (Å²) in [5.41, 5.74) is 0.352. The van der Waals surface area contributed by atoms with E-state index < -0.39 is 12.3 Å². The monoisotopic (exact) mass is 274 g/mol. The predicted octanol–water partition coefficient (Wildman–Crippen LogP) is 1.80. The molecule has 0 amide bonds. The molecule has 0 N–H and O–H groups in total. The van der Waals surface area contributed by atoms with Crippen LogP contribution in [-0.2, 0) is 19.0 Å². The van der Waals surface area contributed by atoms with Crippen molar-refractivity contribution in [2.75, 3.05) is 6.61 Å². The van der Waals surface area contributed by atoms with Crippen molar-refractivity contribution < 1.29 is 19.0 Å². The first-order valence-corrected chi connectivity index (χ1v) is 6.75. The van der Waals surface area contributed by atoms with Crippen LogP contribution in [0.4, 0.5) is 0 Å². The second-order valence-electron chi connectivity index (χ2n) is 4.78. The van der Waals surface area contributed by atoms with E-state index in [4.69, 9.17) is 14.2 Å². The third-order valence-electron chi connectivity index (χ3n) is 2.92. The second kappa shape index (κ2) is 7.14. The molecule has 2 unspecified atom stereocenters. The Kier molecular flexibility index (Phi) is 5.24. The molecule has 20 heavy (non-hydrogen) atoms. The van der Waals surface area contributed by atoms with Crippen LogP contribution in [0.1, 0.15) is 32.6 Å². The van der Waals surface area contributed by atoms with Gasteiger partial charge in [0.05, 0.1) is 0 Å². The highest BCUT2D eigenvalue weighted by atomic mass is 16.7. The zero-order valence-corrected chi connectivity index (χ0v) is 11.6. The normalized spacial score (nSPS) is 24.2. The largest absolute Gasteiger partial charge is 0.457 e. The topological polar surface area (TPSA) is 44.8 Å². The maximum absolute atomic E-state index is 11.4. The lowest BCUT2D eigenvalue weighted by molar-refractivity contribution is -0.199. The van der Waals surface area contributed by atoms with Crippen LogP contribution < -0.4 is 0 Å². The summed E-state index contributed by atoms with van der Waals surface area (Å²) in [6, 6.07) is 0. The Balaban J connectivity index is 1.85. The summed E-state index contributed by atoms with van der Waals surface area (Å²) in [5.74, 6) is 11.5. The van der Waals surface area contributed by atoms with Crippen molar-refractivity contribution in [3.63, 3.8) is 0 Å². The van der Waals surface area contributed by atoms with Gasteiger partial charge in [0, 0.05) is 18.4 Å². The number of esters is 1. The number of hydrogen-bond donors (Lipinski definition) is 0. The van der Waals surface area contributed by atoms with Gasteiger partial charge < -0.3 is 14.2 Å². The molecule has 0 fully saturated rings. The maximum Gasteiger partial charge on any atom is 0.333 e. The Labute approximate surface area is 119 Å². The van der Waals surface area contributed by atoms with Crippen LogP contribution in [0.25, 0.3) is 0 Å². The minimum absolute atomic E-state index is 0.0298. The molecule has 106 valence electrons. The summed E-state index contributed by atoms with van der Waals surface area (Å²) in [6.07, 6.45) is 2.36. The Morgan fingerprint density at radius 3 is 2.15 bits per heavy atom. The molecule has 0 saturated carbocycles. The third kappa shape index (κ3) is 4.42. The fourth-order valence-corrected chi connectivity index (χ4v) is 1.87. The fraction of sp³-hybridized carbons (Fsp3) is 0.562. The highest BCUT2D eigenvalue weighted by Crippen LogP contribution is 2.16. The first-order chi connectivity index (χ1) is 9.65. The summed E-state index contributed by atoms with van der Waals surface area (Å²) < 4.78 is 16.6. The Bertz CT molecular complexity index is 468. The van der Waals surface area contributed by atoms with E-state index in [1.54, 1.807) is 6.92 Å². The predicted molar refractivity (Wildman–Crippen MR) is 73.3 cm³/mol. The highest BCUT2D eigenvalue weighted by Gasteiger charge is 2.23. The molecule has 0 aromatic rings. The lowest BCUT2D eigenvalue weighted by atomic mass is 10.3. The molecule has 2 aliphatic rings. The molecule has 0 radical (unpaired) electrons. The van der Waals surface area contributed by atoms with E-state index in [1.165, 1.54) is 0 Å². The van der Waals surface area contributed by atoms with Crippen molar-refractivity contribution in [2.45, 2.75) is 51.1 Å². The van der Waals surface area contributed by atoms with Crippen molar-refractivity contribution in [1.29, 1.82) is 0 Å². The lowest BCUT2D eigenvalue weighted by Gasteiger charge is -2.23. The van der Waals surface area contributed by atoms with Gasteiger partial charge >= 0.3 is 5.97 Å². The molecule has 0 aromatic heterocycles. The van der Waals surface area contributed by atoms with Gasteiger partial charge in [-0.25, -0.2) is 4.79 Å². The number of ether oxygens (including phenoxy) is 3. The first kappa shape index (κ1) is 14.7. The third-order valence-corrected chi connectivity index (χ3v) is 2.92. The van der Waals surface area contributed by atoms with Gasteiger partial charge in [0.1, 0.15) is 18.8 Å². The minimum atomic E-state index is -0.631. The Hall–Kier alpha value is -1.75. The van der Waals surface area contributed by atoms with Crippen LogP contribution in [-0.4, -0.2) is 31.1 Å². The van der Waals surface area contributed by atoms with Crippen molar-refractivity contribution in [3.05, 3.63) is 12.2 Å². The molecular formula is C16H18O4. The zero-order valence-electron chi connectivity index (χ0n) is 11.6. The highest BCUT2D eigenvalue weighted by molar-refractivity contribution is 5.86. The Morgan fingerprint density at radius 2 is 1.75 bits per heavy atom. The van der Waals surface area contributed by atoms with Gasteiger partial charge in [-0.2, -0.15) is 0 Å². The van der Waals surface area contributed by atoms with E-state index >= 15 is 0 Å². The van der Waals surface area contributed by atoms with Crippen molar-refractivity contribution in [1.82, 2.24) is 0 Å². The van der Waals surface area contributed by atoms with E-state index in [0.717, 1.165) is 25.7 Å². The molecule has 0 bridgehead atoms. The average Bonchev–Trinajstić information content (AvgIpc) is 3.08. The summed E-state index contributed by atoms with van der Waals surface area (Å²) in [4.78, 5) is 11.4. The SMILES string of the molecule is C=C(C)C(=O)OCC(OC1C#CCC1)OC1C#CCC1. The van der Waals surface area contributed by atoms with Gasteiger partial charge in [0.25, 0.3) is 0 Å². The number of carbonyl (C=O) groups excluding carboxylic acids is 1. The average molecular weight is 274 g/mol. The van der Waals surface area contributed by atoms with E-state index in [-0.39, 0.29) is 18.8 Å². The smallest absolute Gasteiger partial charge is 0.333 e. The molecule has 0 aliphatic heterocycles. The molecule has 2 atom stereocenters. The van der Waals surface area contributed by atoms with Gasteiger partial charge in [-0.1, -0.05) is 18.4 Å². The van der Waals surface area contributed by atoms with Crippen LogP contribution in [0.3, 0.4) is 0 Å². The number of hydrogen-bond acceptors (Lipinski definition) is 4. The van der Waals surface area contributed by atoms with Crippen molar-refractivity contribution >= 4 is 5.97 Å². The van der Waals surface area contributed by atoms with Crippen LogP contribution in [0.2, 0.25) is 0 Å². The van der Waals surface area contributed by atoms with Gasteiger partial charge in [0.2, 0.25) is 0 Å². The van der Waals surface area contributed by atoms with Crippen molar-refractivity contribution in [3.8, 4) is 23.7 Å². The van der Waals surface area contributed by atoms with E-state index in [2.05, 4.69) is 30.3 Å². The lowest BCUT2D eigenvalue weighted by Crippen LogP contribution is -2.32. The van der Waals surface area contributed by atoms with Crippen LogP contribution >= 0.6 is 0 Å². The zero-order chi connectivity index (χ0) is 14.4. The van der Waals surface area contributed by atoms with E-state index in [9.17, 15) is 4.79 Å². The van der Waals surface area contributed by atoms with Gasteiger partial charge in [-0.3, -0.25) is 0 Å². The molecule has 4 nitrogen and oxygen atoms in total. The Morgan fingerprint density at radius 1 is 1.20 bits per heavy atom. The van der Waals surface area contributed by atoms with Crippen LogP contribution in [0.15, 0.2) is 12.2 Å². The number of carbonyl (C=O) groups is 1. The number of rotatable bonds is 7. The van der Waals surface area contributed by atoms with Crippen molar-refractivity contribution in [2.24, 2.45) is 0 Å². The van der Waals surface area contributed by atoms with Gasteiger partial charge in [-0.15, -0.1) is 11.8 Å². The maximum atomic E-state index is 11.4. The summed E-state index contributed by atoms with van der Waals surface area (Å²) >= 11 is 0. The van der Waals surface area contributed by atoms with Gasteiger partial charge in [0.15, 0.2) is 6.29 Å². The molecule has 0 saturated heterocycles. The summed E-state index contributed by atoms with van der Waals surface area (Å²) in [5, 5.41) is 0. The quantitative estimate of drug-likeness (QED) is 0.307. The van der Waals surface area contributed by atoms with Crippen LogP contribution in [0, 0.1) is 23.7 Å². The van der Waals surface area contributed by atoms with E-state index in [0.29, 0.717) is 5.57 Å². The standard InChI is InChI=1S/C16H18O4/c1-12(2)16(17)18-11-15(19-13-7-3-4-8-13)20-14-9-5-6-10-14/h13-15H,1,3,5,7,9,11H2,2H3. The first-order valence-electron chi connectivity index (χ1n) is 6.75. The second-order valence-corrected chi connectivity index (χ2v) is 4.78. The van der Waals surface area contributed by atoms with E-state index in [1.807, 2.05) is 0 Å².